The Morgan fingerprint density at radius 2 is 2.29 bits per heavy atom. The Bertz CT molecular complexity index is 403. The molecule has 4 nitrogen and oxygen atoms in total. The molecule has 1 aliphatic carbocycles. The first-order valence-corrected chi connectivity index (χ1v) is 6.15. The number of nitrogens with zero attached hydrogens (tertiary/aromatic N) is 1. The number of carbonyl (C=O) groups is 2. The van der Waals surface area contributed by atoms with E-state index in [1.807, 2.05) is 18.2 Å². The third-order valence-electron chi connectivity index (χ3n) is 3.07. The van der Waals surface area contributed by atoms with E-state index in [9.17, 15) is 14.7 Å². The second-order valence-electron chi connectivity index (χ2n) is 4.34. The van der Waals surface area contributed by atoms with Crippen LogP contribution in [0, 0.1) is 0 Å². The quantitative estimate of drug-likeness (QED) is 0.588. The van der Waals surface area contributed by atoms with E-state index in [4.69, 9.17) is 0 Å². The Kier molecular flexibility index (Phi) is 3.57. The average Bonchev–Trinajstić information content (AvgIpc) is 2.59. The highest BCUT2D eigenvalue weighted by Gasteiger charge is 2.38. The van der Waals surface area contributed by atoms with Gasteiger partial charge in [0, 0.05) is 18.2 Å². The number of allylic oxidation sites excluding steroid dienone is 3. The minimum Gasteiger partial charge on any atom is -0.479 e. The Morgan fingerprint density at radius 3 is 2.76 bits per heavy atom. The maximum Gasteiger partial charge on any atom is 0.330 e. The highest BCUT2D eigenvalue weighted by molar-refractivity contribution is 7.81. The van der Waals surface area contributed by atoms with E-state index in [-0.39, 0.29) is 11.2 Å². The molecule has 1 saturated heterocycles. The molecule has 1 heterocycles. The molecule has 0 saturated carbocycles. The zero-order valence-corrected chi connectivity index (χ0v) is 10.3. The lowest BCUT2D eigenvalue weighted by Crippen LogP contribution is -2.43. The molecule has 2 rings (SSSR count). The molecular formula is C12H15NO3S. The molecule has 0 aromatic heterocycles. The van der Waals surface area contributed by atoms with Crippen LogP contribution < -0.4 is 0 Å². The first-order chi connectivity index (χ1) is 8.09. The van der Waals surface area contributed by atoms with Crippen LogP contribution in [0.1, 0.15) is 19.3 Å². The Morgan fingerprint density at radius 1 is 1.53 bits per heavy atom. The molecule has 1 aliphatic heterocycles. The summed E-state index contributed by atoms with van der Waals surface area (Å²) in [7, 11) is 0. The fourth-order valence-corrected chi connectivity index (χ4v) is 2.63. The van der Waals surface area contributed by atoms with Crippen LogP contribution in [0.5, 0.6) is 0 Å². The smallest absolute Gasteiger partial charge is 0.330 e. The summed E-state index contributed by atoms with van der Waals surface area (Å²) in [4.78, 5) is 24.5. The minimum atomic E-state index is -0.956. The minimum absolute atomic E-state index is 0.0518. The van der Waals surface area contributed by atoms with Crippen molar-refractivity contribution in [1.29, 1.82) is 0 Å². The highest BCUT2D eigenvalue weighted by Crippen LogP contribution is 2.26. The number of hydrogen-bond donors (Lipinski definition) is 2. The van der Waals surface area contributed by atoms with Crippen molar-refractivity contribution in [2.24, 2.45) is 0 Å². The summed E-state index contributed by atoms with van der Waals surface area (Å²) in [6, 6.07) is -0.815. The maximum absolute atomic E-state index is 11.7. The van der Waals surface area contributed by atoms with Crippen LogP contribution in [0.3, 0.4) is 0 Å². The van der Waals surface area contributed by atoms with Gasteiger partial charge >= 0.3 is 5.97 Å². The van der Waals surface area contributed by atoms with Crippen LogP contribution in [0.25, 0.3) is 0 Å². The van der Waals surface area contributed by atoms with Gasteiger partial charge in [0.05, 0.1) is 0 Å². The molecule has 0 aromatic rings. The van der Waals surface area contributed by atoms with Gasteiger partial charge in [0.15, 0.2) is 6.04 Å². The monoisotopic (exact) mass is 253 g/mol. The molecule has 1 fully saturated rings. The third-order valence-corrected chi connectivity index (χ3v) is 3.42. The molecule has 0 radical (unpaired) electrons. The third kappa shape index (κ3) is 2.54. The van der Waals surface area contributed by atoms with Crippen molar-refractivity contribution in [2.75, 3.05) is 6.54 Å². The van der Waals surface area contributed by atoms with E-state index >= 15 is 0 Å². The summed E-state index contributed by atoms with van der Waals surface area (Å²) >= 11 is 4.25. The van der Waals surface area contributed by atoms with Crippen molar-refractivity contribution < 1.29 is 14.7 Å². The van der Waals surface area contributed by atoms with Crippen molar-refractivity contribution in [3.05, 3.63) is 23.8 Å². The zero-order chi connectivity index (χ0) is 12.4. The van der Waals surface area contributed by atoms with Gasteiger partial charge in [-0.05, 0) is 18.4 Å². The number of carboxylic acid groups (broad SMARTS) is 1. The fourth-order valence-electron chi connectivity index (χ4n) is 2.30. The van der Waals surface area contributed by atoms with E-state index < -0.39 is 12.0 Å². The Labute approximate surface area is 105 Å². The maximum atomic E-state index is 11.7. The summed E-state index contributed by atoms with van der Waals surface area (Å²) in [6.45, 7) is 0.417. The van der Waals surface area contributed by atoms with Gasteiger partial charge in [0.2, 0.25) is 5.91 Å². The topological polar surface area (TPSA) is 57.6 Å². The number of amides is 1. The van der Waals surface area contributed by atoms with E-state index in [0.717, 1.165) is 12.0 Å². The van der Waals surface area contributed by atoms with Crippen molar-refractivity contribution in [3.8, 4) is 0 Å². The zero-order valence-electron chi connectivity index (χ0n) is 9.37. The van der Waals surface area contributed by atoms with Gasteiger partial charge < -0.3 is 10.0 Å². The van der Waals surface area contributed by atoms with Crippen LogP contribution in [0.4, 0.5) is 0 Å². The molecule has 2 atom stereocenters. The van der Waals surface area contributed by atoms with Crippen molar-refractivity contribution in [2.45, 2.75) is 30.6 Å². The second kappa shape index (κ2) is 4.96. The summed E-state index contributed by atoms with van der Waals surface area (Å²) in [5.74, 6) is -1.07. The van der Waals surface area contributed by atoms with Crippen LogP contribution in [0.2, 0.25) is 0 Å². The van der Waals surface area contributed by atoms with Crippen LogP contribution >= 0.6 is 12.6 Å². The van der Waals surface area contributed by atoms with Crippen molar-refractivity contribution in [3.63, 3.8) is 0 Å². The molecule has 0 bridgehead atoms. The highest BCUT2D eigenvalue weighted by atomic mass is 32.1. The van der Waals surface area contributed by atoms with E-state index in [1.54, 1.807) is 0 Å². The molecule has 1 unspecified atom stereocenters. The van der Waals surface area contributed by atoms with Gasteiger partial charge in [0.25, 0.3) is 0 Å². The normalized spacial score (nSPS) is 25.9. The molecule has 0 aromatic carbocycles. The second-order valence-corrected chi connectivity index (χ2v) is 5.07. The average molecular weight is 253 g/mol. The number of rotatable bonds is 3. The summed E-state index contributed by atoms with van der Waals surface area (Å²) in [6.07, 6.45) is 7.52. The lowest BCUT2D eigenvalue weighted by molar-refractivity contribution is -0.146. The van der Waals surface area contributed by atoms with Crippen molar-refractivity contribution in [1.82, 2.24) is 4.90 Å². The van der Waals surface area contributed by atoms with Gasteiger partial charge in [0.1, 0.15) is 0 Å². The van der Waals surface area contributed by atoms with Crippen molar-refractivity contribution >= 4 is 24.5 Å². The number of carbonyl (C=O) groups excluding carboxylic acids is 1. The van der Waals surface area contributed by atoms with Gasteiger partial charge in [-0.25, -0.2) is 4.79 Å². The lowest BCUT2D eigenvalue weighted by Gasteiger charge is -2.27. The standard InChI is InChI=1S/C12H15NO3S/c14-10-6-9(17)7-13(10)11(12(15)16)8-4-2-1-3-5-8/h1-2,5,9,11,17H,3-4,6-7H2,(H,15,16)/t9?,11-/m1/s1. The predicted molar refractivity (Wildman–Crippen MR) is 67.0 cm³/mol. The molecule has 17 heavy (non-hydrogen) atoms. The van der Waals surface area contributed by atoms with E-state index in [2.05, 4.69) is 12.6 Å². The Balaban J connectivity index is 2.20. The fraction of sp³-hybridized carbons (Fsp3) is 0.500. The first-order valence-electron chi connectivity index (χ1n) is 5.64. The van der Waals surface area contributed by atoms with Gasteiger partial charge in [-0.1, -0.05) is 18.2 Å². The van der Waals surface area contributed by atoms with Crippen LogP contribution in [-0.2, 0) is 9.59 Å². The van der Waals surface area contributed by atoms with E-state index in [1.165, 1.54) is 4.90 Å². The van der Waals surface area contributed by atoms with Gasteiger partial charge in [-0.2, -0.15) is 12.6 Å². The summed E-state index contributed by atoms with van der Waals surface area (Å²) in [5, 5.41) is 9.25. The number of carboxylic acids is 1. The molecule has 92 valence electrons. The van der Waals surface area contributed by atoms with E-state index in [0.29, 0.717) is 19.4 Å². The molecule has 1 N–H and O–H groups in total. The van der Waals surface area contributed by atoms with Gasteiger partial charge in [-0.15, -0.1) is 0 Å². The molecule has 5 heteroatoms. The van der Waals surface area contributed by atoms with Crippen LogP contribution in [0.15, 0.2) is 23.8 Å². The van der Waals surface area contributed by atoms with Gasteiger partial charge in [-0.3, -0.25) is 4.79 Å². The van der Waals surface area contributed by atoms with Crippen LogP contribution in [-0.4, -0.2) is 39.7 Å². The first kappa shape index (κ1) is 12.2. The molecular weight excluding hydrogens is 238 g/mol. The predicted octanol–water partition coefficient (Wildman–Crippen LogP) is 1.25. The number of likely N-dealkylation sites (tertiary alicyclic amines) is 1. The molecule has 2 aliphatic rings. The SMILES string of the molecule is O=C(O)[C@@H](C1=CCC=CC1)N1CC(S)CC1=O. The largest absolute Gasteiger partial charge is 0.479 e. The number of hydrogen-bond acceptors (Lipinski definition) is 3. The number of aliphatic carboxylic acids is 1. The molecule has 1 amide bonds. The summed E-state index contributed by atoms with van der Waals surface area (Å²) < 4.78 is 0. The summed E-state index contributed by atoms with van der Waals surface area (Å²) in [5.41, 5.74) is 0.802. The lowest BCUT2D eigenvalue weighted by atomic mass is 9.97. The molecule has 0 spiro atoms. The number of thiol groups is 1. The Hall–Kier alpha value is -1.23.